The second-order valence-electron chi connectivity index (χ2n) is 4.38. The molecule has 2 rings (SSSR count). The van der Waals surface area contributed by atoms with Crippen LogP contribution in [0.3, 0.4) is 0 Å². The van der Waals surface area contributed by atoms with Gasteiger partial charge in [-0.05, 0) is 37.6 Å². The summed E-state index contributed by atoms with van der Waals surface area (Å²) in [6, 6.07) is 4.62. The molecule has 0 amide bonds. The zero-order chi connectivity index (χ0) is 11.8. The lowest BCUT2D eigenvalue weighted by Crippen LogP contribution is -2.42. The van der Waals surface area contributed by atoms with E-state index >= 15 is 0 Å². The summed E-state index contributed by atoms with van der Waals surface area (Å²) in [6.45, 7) is 4.75. The van der Waals surface area contributed by atoms with Gasteiger partial charge >= 0.3 is 0 Å². The van der Waals surface area contributed by atoms with Crippen molar-refractivity contribution in [2.45, 2.75) is 18.9 Å². The van der Waals surface area contributed by atoms with Crippen LogP contribution in [0, 0.1) is 0 Å². The largest absolute Gasteiger partial charge is 0.379 e. The fraction of sp³-hybridized carbons (Fsp3) is 0.615. The van der Waals surface area contributed by atoms with Gasteiger partial charge in [0.15, 0.2) is 0 Å². The van der Waals surface area contributed by atoms with Crippen LogP contribution in [0.25, 0.3) is 0 Å². The zero-order valence-corrected chi connectivity index (χ0v) is 10.2. The third-order valence-electron chi connectivity index (χ3n) is 2.98. The number of nitrogens with zero attached hydrogens (tertiary/aromatic N) is 1. The molecule has 2 N–H and O–H groups in total. The van der Waals surface area contributed by atoms with Crippen molar-refractivity contribution in [1.82, 2.24) is 15.6 Å². The van der Waals surface area contributed by atoms with E-state index in [1.807, 2.05) is 18.5 Å². The number of rotatable bonds is 6. The molecule has 1 saturated heterocycles. The molecule has 94 valence electrons. The predicted molar refractivity (Wildman–Crippen MR) is 68.0 cm³/mol. The minimum Gasteiger partial charge on any atom is -0.379 e. The number of pyridine rings is 1. The van der Waals surface area contributed by atoms with Gasteiger partial charge in [-0.25, -0.2) is 0 Å². The van der Waals surface area contributed by atoms with Crippen molar-refractivity contribution in [2.75, 3.05) is 32.8 Å². The molecule has 1 atom stereocenters. The summed E-state index contributed by atoms with van der Waals surface area (Å²) >= 11 is 0. The first-order chi connectivity index (χ1) is 8.45. The normalized spacial score (nSPS) is 20.4. The summed E-state index contributed by atoms with van der Waals surface area (Å²) in [7, 11) is 0. The fourth-order valence-electron chi connectivity index (χ4n) is 1.99. The Labute approximate surface area is 103 Å². The number of nitrogens with one attached hydrogen (secondary N) is 2. The molecule has 1 aliphatic rings. The van der Waals surface area contributed by atoms with Crippen LogP contribution in [0.5, 0.6) is 0 Å². The lowest BCUT2D eigenvalue weighted by Gasteiger charge is -2.23. The van der Waals surface area contributed by atoms with Gasteiger partial charge in [0.05, 0.1) is 13.2 Å². The van der Waals surface area contributed by atoms with Crippen molar-refractivity contribution >= 4 is 0 Å². The monoisotopic (exact) mass is 235 g/mol. The van der Waals surface area contributed by atoms with Crippen molar-refractivity contribution in [2.24, 2.45) is 0 Å². The molecule has 1 unspecified atom stereocenters. The Morgan fingerprint density at radius 1 is 1.47 bits per heavy atom. The van der Waals surface area contributed by atoms with E-state index in [1.165, 1.54) is 5.56 Å². The highest BCUT2D eigenvalue weighted by molar-refractivity contribution is 5.08. The van der Waals surface area contributed by atoms with Crippen molar-refractivity contribution < 1.29 is 4.74 Å². The van der Waals surface area contributed by atoms with Gasteiger partial charge in [0.1, 0.15) is 0 Å². The molecule has 0 saturated carbocycles. The quantitative estimate of drug-likeness (QED) is 0.709. The summed E-state index contributed by atoms with van der Waals surface area (Å²) in [6.07, 6.45) is 5.92. The molecule has 1 fully saturated rings. The summed E-state index contributed by atoms with van der Waals surface area (Å²) in [5.74, 6) is 0. The smallest absolute Gasteiger partial charge is 0.0620 e. The number of morpholine rings is 1. The highest BCUT2D eigenvalue weighted by Crippen LogP contribution is 1.98. The standard InChI is InChI=1S/C13H21N3O/c1-2-12(10-15-5-1)3-6-14-7-4-13-11-17-9-8-16-13/h1-2,5,10,13-14,16H,3-4,6-9,11H2. The van der Waals surface area contributed by atoms with Crippen molar-refractivity contribution in [3.05, 3.63) is 30.1 Å². The van der Waals surface area contributed by atoms with Gasteiger partial charge in [0.25, 0.3) is 0 Å². The molecule has 0 aromatic carbocycles. The van der Waals surface area contributed by atoms with E-state index in [2.05, 4.69) is 21.7 Å². The predicted octanol–water partition coefficient (Wildman–Crippen LogP) is 0.592. The average Bonchev–Trinajstić information content (AvgIpc) is 2.41. The number of hydrogen-bond acceptors (Lipinski definition) is 4. The third kappa shape index (κ3) is 4.81. The second kappa shape index (κ2) is 7.37. The van der Waals surface area contributed by atoms with Gasteiger partial charge in [0, 0.05) is 25.0 Å². The van der Waals surface area contributed by atoms with Crippen LogP contribution in [0.4, 0.5) is 0 Å². The van der Waals surface area contributed by atoms with E-state index < -0.39 is 0 Å². The van der Waals surface area contributed by atoms with Gasteiger partial charge in [-0.1, -0.05) is 6.07 Å². The molecule has 0 spiro atoms. The van der Waals surface area contributed by atoms with Gasteiger partial charge in [0.2, 0.25) is 0 Å². The Morgan fingerprint density at radius 2 is 2.47 bits per heavy atom. The van der Waals surface area contributed by atoms with Crippen LogP contribution in [-0.2, 0) is 11.2 Å². The van der Waals surface area contributed by atoms with E-state index in [-0.39, 0.29) is 0 Å². The van der Waals surface area contributed by atoms with Gasteiger partial charge in [-0.3, -0.25) is 4.98 Å². The highest BCUT2D eigenvalue weighted by atomic mass is 16.5. The summed E-state index contributed by atoms with van der Waals surface area (Å²) in [4.78, 5) is 4.10. The Kier molecular flexibility index (Phi) is 5.42. The molecule has 1 aromatic rings. The molecule has 2 heterocycles. The topological polar surface area (TPSA) is 46.2 Å². The van der Waals surface area contributed by atoms with E-state index in [9.17, 15) is 0 Å². The molecule has 0 aliphatic carbocycles. The van der Waals surface area contributed by atoms with Crippen LogP contribution in [0.2, 0.25) is 0 Å². The first kappa shape index (κ1) is 12.5. The minimum absolute atomic E-state index is 0.523. The molecule has 1 aliphatic heterocycles. The number of aromatic nitrogens is 1. The van der Waals surface area contributed by atoms with Crippen LogP contribution < -0.4 is 10.6 Å². The Morgan fingerprint density at radius 3 is 3.24 bits per heavy atom. The maximum absolute atomic E-state index is 5.41. The molecular weight excluding hydrogens is 214 g/mol. The summed E-state index contributed by atoms with van der Waals surface area (Å²) in [5.41, 5.74) is 1.29. The number of ether oxygens (including phenoxy) is 1. The number of hydrogen-bond donors (Lipinski definition) is 2. The van der Waals surface area contributed by atoms with Crippen LogP contribution >= 0.6 is 0 Å². The third-order valence-corrected chi connectivity index (χ3v) is 2.98. The van der Waals surface area contributed by atoms with Gasteiger partial charge in [-0.2, -0.15) is 0 Å². The van der Waals surface area contributed by atoms with Crippen LogP contribution in [-0.4, -0.2) is 43.9 Å². The molecule has 1 aromatic heterocycles. The first-order valence-corrected chi connectivity index (χ1v) is 6.36. The second-order valence-corrected chi connectivity index (χ2v) is 4.38. The zero-order valence-electron chi connectivity index (χ0n) is 10.2. The maximum atomic E-state index is 5.41. The SMILES string of the molecule is c1cncc(CCNCCC2COCCN2)c1. The lowest BCUT2D eigenvalue weighted by atomic mass is 10.2. The molecule has 17 heavy (non-hydrogen) atoms. The maximum Gasteiger partial charge on any atom is 0.0620 e. The first-order valence-electron chi connectivity index (χ1n) is 6.36. The van der Waals surface area contributed by atoms with Crippen molar-refractivity contribution in [3.8, 4) is 0 Å². The molecular formula is C13H21N3O. The van der Waals surface area contributed by atoms with E-state index in [4.69, 9.17) is 4.74 Å². The molecule has 4 nitrogen and oxygen atoms in total. The molecule has 0 bridgehead atoms. The summed E-state index contributed by atoms with van der Waals surface area (Å²) < 4.78 is 5.41. The lowest BCUT2D eigenvalue weighted by molar-refractivity contribution is 0.0743. The van der Waals surface area contributed by atoms with Crippen molar-refractivity contribution in [3.63, 3.8) is 0 Å². The Bertz CT molecular complexity index is 299. The van der Waals surface area contributed by atoms with E-state index in [0.717, 1.165) is 45.7 Å². The Hall–Kier alpha value is -0.970. The molecule has 0 radical (unpaired) electrons. The van der Waals surface area contributed by atoms with Gasteiger partial charge < -0.3 is 15.4 Å². The minimum atomic E-state index is 0.523. The van der Waals surface area contributed by atoms with Crippen molar-refractivity contribution in [1.29, 1.82) is 0 Å². The average molecular weight is 235 g/mol. The van der Waals surface area contributed by atoms with Gasteiger partial charge in [-0.15, -0.1) is 0 Å². The van der Waals surface area contributed by atoms with Crippen LogP contribution in [0.15, 0.2) is 24.5 Å². The Balaban J connectivity index is 1.51. The van der Waals surface area contributed by atoms with E-state index in [0.29, 0.717) is 6.04 Å². The highest BCUT2D eigenvalue weighted by Gasteiger charge is 2.11. The van der Waals surface area contributed by atoms with E-state index in [1.54, 1.807) is 0 Å². The molecule has 4 heteroatoms. The summed E-state index contributed by atoms with van der Waals surface area (Å²) in [5, 5.41) is 6.91. The fourth-order valence-corrected chi connectivity index (χ4v) is 1.99. The van der Waals surface area contributed by atoms with Crippen LogP contribution in [0.1, 0.15) is 12.0 Å².